The number of rotatable bonds is 2. The molecule has 1 spiro atoms. The summed E-state index contributed by atoms with van der Waals surface area (Å²) >= 11 is 1.46. The number of nitrogens with zero attached hydrogens (tertiary/aromatic N) is 4. The van der Waals surface area contributed by atoms with Crippen molar-refractivity contribution >= 4 is 44.1 Å². The van der Waals surface area contributed by atoms with Crippen molar-refractivity contribution in [2.24, 2.45) is 5.41 Å². The second kappa shape index (κ2) is 8.76. The van der Waals surface area contributed by atoms with Crippen LogP contribution in [0.5, 0.6) is 0 Å². The molecule has 0 atom stereocenters. The minimum Gasteiger partial charge on any atom is -0.390 e. The Hall–Kier alpha value is -2.69. The van der Waals surface area contributed by atoms with E-state index in [1.807, 2.05) is 29.2 Å². The minimum atomic E-state index is -0.966. The van der Waals surface area contributed by atoms with Crippen molar-refractivity contribution in [3.8, 4) is 0 Å². The van der Waals surface area contributed by atoms with E-state index in [9.17, 15) is 14.4 Å². The van der Waals surface area contributed by atoms with Gasteiger partial charge in [0, 0.05) is 35.8 Å². The molecule has 9 nitrogen and oxygen atoms in total. The molecule has 6 rings (SSSR count). The predicted octanol–water partition coefficient (Wildman–Crippen LogP) is 1.79. The summed E-state index contributed by atoms with van der Waals surface area (Å²) in [4.78, 5) is 44.5. The first-order valence-electron chi connectivity index (χ1n) is 12.5. The van der Waals surface area contributed by atoms with Gasteiger partial charge in [0.15, 0.2) is 0 Å². The molecule has 4 saturated heterocycles. The zero-order valence-corrected chi connectivity index (χ0v) is 20.6. The Kier molecular flexibility index (Phi) is 5.69. The summed E-state index contributed by atoms with van der Waals surface area (Å²) in [5.41, 5.74) is 5.89. The average molecular weight is 498 g/mol. The smallest absolute Gasteiger partial charge is 0.258 e. The molecular weight excluding hydrogens is 466 g/mol. The lowest BCUT2D eigenvalue weighted by Gasteiger charge is -2.44. The Labute approximate surface area is 208 Å². The maximum Gasteiger partial charge on any atom is 0.258 e. The lowest BCUT2D eigenvalue weighted by atomic mass is 9.78. The van der Waals surface area contributed by atoms with Gasteiger partial charge in [-0.15, -0.1) is 11.3 Å². The van der Waals surface area contributed by atoms with E-state index in [0.29, 0.717) is 62.9 Å². The van der Waals surface area contributed by atoms with Gasteiger partial charge in [-0.05, 0) is 38.3 Å². The van der Waals surface area contributed by atoms with E-state index in [4.69, 9.17) is 10.5 Å². The molecule has 1 aromatic heterocycles. The van der Waals surface area contributed by atoms with Gasteiger partial charge in [-0.25, -0.2) is 10.0 Å². The molecule has 35 heavy (non-hydrogen) atoms. The summed E-state index contributed by atoms with van der Waals surface area (Å²) in [5, 5.41) is 4.74. The molecule has 2 aromatic rings. The molecule has 0 bridgehead atoms. The van der Waals surface area contributed by atoms with Crippen LogP contribution in [-0.2, 0) is 14.3 Å². The predicted molar refractivity (Wildman–Crippen MR) is 133 cm³/mol. The van der Waals surface area contributed by atoms with Gasteiger partial charge in [-0.2, -0.15) is 0 Å². The number of anilines is 1. The average Bonchev–Trinajstić information content (AvgIpc) is 3.15. The van der Waals surface area contributed by atoms with Crippen molar-refractivity contribution in [1.29, 1.82) is 0 Å². The molecule has 0 aliphatic carbocycles. The summed E-state index contributed by atoms with van der Waals surface area (Å²) < 4.78 is 6.50. The highest BCUT2D eigenvalue weighted by Gasteiger charge is 2.60. The Bertz CT molecular complexity index is 1150. The van der Waals surface area contributed by atoms with Gasteiger partial charge in [0.1, 0.15) is 5.41 Å². The van der Waals surface area contributed by atoms with Gasteiger partial charge >= 0.3 is 0 Å². The first kappa shape index (κ1) is 22.8. The fourth-order valence-corrected chi connectivity index (χ4v) is 7.24. The fourth-order valence-electron chi connectivity index (χ4n) is 6.28. The summed E-state index contributed by atoms with van der Waals surface area (Å²) in [5.74, 6) is -0.132. The highest BCUT2D eigenvalue weighted by molar-refractivity contribution is 7.23. The number of hydrogen-bond donors (Lipinski definition) is 1. The number of fused-ring (bicyclic) bond motifs is 2. The van der Waals surface area contributed by atoms with E-state index in [1.165, 1.54) is 11.3 Å². The number of carbonyl (C=O) groups excluding carboxylic acids is 3. The number of hydrogen-bond acceptors (Lipinski definition) is 7. The van der Waals surface area contributed by atoms with Crippen molar-refractivity contribution in [3.05, 3.63) is 29.8 Å². The standard InChI is InChI=1S/C25H31N5O4S/c26-21-20(18-4-1-2-5-19(18)35-21)22(31)27-10-6-17(7-11-27)28-9-3-8-25(16-28)23(32)29-12-14-34-15-13-30(29)24(25)33/h1-2,4-5,17H,3,6-16,26H2. The molecule has 0 radical (unpaired) electrons. The molecule has 1 aromatic carbocycles. The normalized spacial score (nSPS) is 23.8. The summed E-state index contributed by atoms with van der Waals surface area (Å²) in [6.45, 7) is 4.45. The van der Waals surface area contributed by atoms with Crippen LogP contribution >= 0.6 is 11.3 Å². The van der Waals surface area contributed by atoms with Gasteiger partial charge in [0.25, 0.3) is 17.7 Å². The number of likely N-dealkylation sites (tertiary alicyclic amines) is 2. The number of amides is 3. The Balaban J connectivity index is 1.14. The van der Waals surface area contributed by atoms with Crippen LogP contribution in [0, 0.1) is 5.41 Å². The lowest BCUT2D eigenvalue weighted by Crippen LogP contribution is -2.56. The number of benzene rings is 1. The molecule has 4 aliphatic rings. The lowest BCUT2D eigenvalue weighted by molar-refractivity contribution is -0.145. The number of nitrogen functional groups attached to an aromatic ring is 1. The molecule has 0 unspecified atom stereocenters. The molecule has 2 N–H and O–H groups in total. The van der Waals surface area contributed by atoms with Crippen molar-refractivity contribution in [3.63, 3.8) is 0 Å². The Morgan fingerprint density at radius 2 is 1.69 bits per heavy atom. The molecular formula is C25H31N5O4S. The van der Waals surface area contributed by atoms with Crippen LogP contribution < -0.4 is 5.73 Å². The number of hydrazine groups is 1. The van der Waals surface area contributed by atoms with Crippen LogP contribution in [0.1, 0.15) is 36.0 Å². The van der Waals surface area contributed by atoms with Crippen LogP contribution in [0.4, 0.5) is 5.00 Å². The van der Waals surface area contributed by atoms with Crippen molar-refractivity contribution in [2.45, 2.75) is 31.7 Å². The molecule has 4 aliphatic heterocycles. The van der Waals surface area contributed by atoms with Crippen LogP contribution in [0.3, 0.4) is 0 Å². The second-order valence-electron chi connectivity index (χ2n) is 9.99. The van der Waals surface area contributed by atoms with E-state index in [1.54, 1.807) is 10.0 Å². The molecule has 186 valence electrons. The van der Waals surface area contributed by atoms with Gasteiger partial charge in [0.05, 0.1) is 36.9 Å². The van der Waals surface area contributed by atoms with Crippen molar-refractivity contribution in [2.75, 3.05) is 58.2 Å². The van der Waals surface area contributed by atoms with E-state index < -0.39 is 5.41 Å². The quantitative estimate of drug-likeness (QED) is 0.635. The van der Waals surface area contributed by atoms with Crippen LogP contribution in [0.2, 0.25) is 0 Å². The molecule has 4 fully saturated rings. The number of carbonyl (C=O) groups is 3. The highest BCUT2D eigenvalue weighted by atomic mass is 32.1. The third kappa shape index (κ3) is 3.61. The molecule has 3 amide bonds. The van der Waals surface area contributed by atoms with E-state index >= 15 is 0 Å². The second-order valence-corrected chi connectivity index (χ2v) is 11.1. The topological polar surface area (TPSA) is 99.4 Å². The van der Waals surface area contributed by atoms with Gasteiger partial charge in [0.2, 0.25) is 0 Å². The molecule has 0 saturated carbocycles. The monoisotopic (exact) mass is 497 g/mol. The van der Waals surface area contributed by atoms with E-state index in [-0.39, 0.29) is 23.8 Å². The Morgan fingerprint density at radius 1 is 1.00 bits per heavy atom. The zero-order chi connectivity index (χ0) is 24.2. The van der Waals surface area contributed by atoms with Crippen molar-refractivity contribution in [1.82, 2.24) is 19.8 Å². The first-order valence-corrected chi connectivity index (χ1v) is 13.3. The number of nitrogens with two attached hydrogens (primary N) is 1. The number of thiophene rings is 1. The minimum absolute atomic E-state index is 0.00220. The summed E-state index contributed by atoms with van der Waals surface area (Å²) in [7, 11) is 0. The van der Waals surface area contributed by atoms with Crippen molar-refractivity contribution < 1.29 is 19.1 Å². The molecule has 5 heterocycles. The zero-order valence-electron chi connectivity index (χ0n) is 19.8. The fraction of sp³-hybridized carbons (Fsp3) is 0.560. The highest BCUT2D eigenvalue weighted by Crippen LogP contribution is 2.41. The van der Waals surface area contributed by atoms with E-state index in [0.717, 1.165) is 35.9 Å². The van der Waals surface area contributed by atoms with E-state index in [2.05, 4.69) is 4.90 Å². The maximum absolute atomic E-state index is 13.4. The van der Waals surface area contributed by atoms with Crippen LogP contribution in [-0.4, -0.2) is 96.1 Å². The largest absolute Gasteiger partial charge is 0.390 e. The van der Waals surface area contributed by atoms with Gasteiger partial charge in [-0.1, -0.05) is 18.2 Å². The molecule has 10 heteroatoms. The van der Waals surface area contributed by atoms with Crippen LogP contribution in [0.15, 0.2) is 24.3 Å². The number of piperidine rings is 2. The maximum atomic E-state index is 13.4. The summed E-state index contributed by atoms with van der Waals surface area (Å²) in [6, 6.07) is 8.11. The number of ether oxygens (including phenoxy) is 1. The third-order valence-electron chi connectivity index (χ3n) is 8.10. The Morgan fingerprint density at radius 3 is 2.40 bits per heavy atom. The first-order chi connectivity index (χ1) is 17.0. The van der Waals surface area contributed by atoms with Crippen LogP contribution in [0.25, 0.3) is 10.1 Å². The summed E-state index contributed by atoms with van der Waals surface area (Å²) in [6.07, 6.45) is 3.09. The van der Waals surface area contributed by atoms with Gasteiger partial charge in [-0.3, -0.25) is 19.3 Å². The SMILES string of the molecule is Nc1sc2ccccc2c1C(=O)N1CCC(N2CCCC3(C2)C(=O)N2CCOCCN2C3=O)CC1. The van der Waals surface area contributed by atoms with Gasteiger partial charge < -0.3 is 15.4 Å². The third-order valence-corrected chi connectivity index (χ3v) is 9.10.